The Morgan fingerprint density at radius 3 is 2.62 bits per heavy atom. The second kappa shape index (κ2) is 5.45. The van der Waals surface area contributed by atoms with Crippen LogP contribution in [0.25, 0.3) is 0 Å². The van der Waals surface area contributed by atoms with Gasteiger partial charge in [0.15, 0.2) is 0 Å². The third kappa shape index (κ3) is 4.47. The maximum Gasteiger partial charge on any atom is 0.0545 e. The maximum absolute atomic E-state index is 8.98. The summed E-state index contributed by atoms with van der Waals surface area (Å²) in [7, 11) is 0. The van der Waals surface area contributed by atoms with Gasteiger partial charge in [-0.15, -0.1) is 0 Å². The van der Waals surface area contributed by atoms with Crippen molar-refractivity contribution < 1.29 is 5.11 Å². The van der Waals surface area contributed by atoms with Gasteiger partial charge in [-0.3, -0.25) is 0 Å². The molecule has 50 valence electrons. The molecule has 1 N–H and O–H groups in total. The van der Waals surface area contributed by atoms with E-state index in [9.17, 15) is 0 Å². The zero-order valence-electron chi connectivity index (χ0n) is 5.55. The van der Waals surface area contributed by atoms with Crippen LogP contribution in [0.15, 0.2) is 0 Å². The summed E-state index contributed by atoms with van der Waals surface area (Å²) in [5.74, 6) is 1.08. The van der Waals surface area contributed by atoms with E-state index in [1.54, 1.807) is 11.8 Å². The van der Waals surface area contributed by atoms with Crippen molar-refractivity contribution in [1.82, 2.24) is 0 Å². The summed E-state index contributed by atoms with van der Waals surface area (Å²) >= 11 is 1.79. The van der Waals surface area contributed by atoms with Crippen molar-refractivity contribution >= 4 is 11.8 Å². The molecule has 0 aliphatic heterocycles. The molecule has 0 amide bonds. The molecule has 1 unspecified atom stereocenters. The number of thioether (sulfide) groups is 1. The van der Waals surface area contributed by atoms with E-state index in [4.69, 9.17) is 5.11 Å². The molecular weight excluding hydrogens is 120 g/mol. The molecule has 0 rings (SSSR count). The fourth-order valence-corrected chi connectivity index (χ4v) is 0.966. The molecule has 1 nitrogen and oxygen atoms in total. The molecule has 0 aromatic heterocycles. The molecule has 0 aromatic rings. The van der Waals surface area contributed by atoms with Crippen LogP contribution < -0.4 is 0 Å². The van der Waals surface area contributed by atoms with Gasteiger partial charge < -0.3 is 5.11 Å². The molecule has 8 heavy (non-hydrogen) atoms. The molecule has 0 saturated carbocycles. The first-order valence-electron chi connectivity index (χ1n) is 2.98. The van der Waals surface area contributed by atoms with Crippen molar-refractivity contribution in [3.05, 3.63) is 0 Å². The van der Waals surface area contributed by atoms with E-state index >= 15 is 0 Å². The minimum Gasteiger partial charge on any atom is -0.393 e. The van der Waals surface area contributed by atoms with Gasteiger partial charge in [0.25, 0.3) is 0 Å². The summed E-state index contributed by atoms with van der Waals surface area (Å²) < 4.78 is 0. The molecule has 0 aromatic carbocycles. The van der Waals surface area contributed by atoms with Crippen LogP contribution >= 0.6 is 11.8 Å². The maximum atomic E-state index is 8.98. The zero-order valence-corrected chi connectivity index (χ0v) is 6.37. The molecule has 0 heterocycles. The van der Waals surface area contributed by atoms with Crippen molar-refractivity contribution in [3.63, 3.8) is 0 Å². The quantitative estimate of drug-likeness (QED) is 0.629. The highest BCUT2D eigenvalue weighted by Crippen LogP contribution is 2.02. The van der Waals surface area contributed by atoms with E-state index in [-0.39, 0.29) is 6.10 Å². The minimum absolute atomic E-state index is 0.0672. The molecule has 0 spiro atoms. The summed E-state index contributed by atoms with van der Waals surface area (Å²) in [4.78, 5) is 0. The van der Waals surface area contributed by atoms with E-state index in [0.29, 0.717) is 0 Å². The largest absolute Gasteiger partial charge is 0.393 e. The Bertz CT molecular complexity index is 47.8. The molecule has 0 bridgehead atoms. The van der Waals surface area contributed by atoms with Crippen molar-refractivity contribution in [2.24, 2.45) is 0 Å². The van der Waals surface area contributed by atoms with Crippen molar-refractivity contribution in [3.8, 4) is 0 Å². The van der Waals surface area contributed by atoms with E-state index < -0.39 is 0 Å². The number of hydrogen-bond acceptors (Lipinski definition) is 2. The lowest BCUT2D eigenvalue weighted by Crippen LogP contribution is -2.04. The Hall–Kier alpha value is 0.310. The van der Waals surface area contributed by atoms with Gasteiger partial charge in [0, 0.05) is 0 Å². The standard InChI is InChI=1S/C6H14OS/c1-3-6(7)4-5-8-2/h6-7H,3-5H2,1-2H3. The third-order valence-electron chi connectivity index (χ3n) is 1.13. The molecular formula is C6H14OS. The normalized spacial score (nSPS) is 13.9. The van der Waals surface area contributed by atoms with Crippen molar-refractivity contribution in [2.45, 2.75) is 25.9 Å². The summed E-state index contributed by atoms with van der Waals surface area (Å²) in [5, 5.41) is 8.98. The highest BCUT2D eigenvalue weighted by atomic mass is 32.2. The Kier molecular flexibility index (Phi) is 5.66. The predicted molar refractivity (Wildman–Crippen MR) is 39.3 cm³/mol. The van der Waals surface area contributed by atoms with E-state index in [1.807, 2.05) is 6.92 Å². The second-order valence-corrected chi connectivity index (χ2v) is 2.83. The van der Waals surface area contributed by atoms with Gasteiger partial charge in [0.2, 0.25) is 0 Å². The van der Waals surface area contributed by atoms with E-state index in [1.165, 1.54) is 0 Å². The molecule has 0 radical (unpaired) electrons. The highest BCUT2D eigenvalue weighted by molar-refractivity contribution is 7.98. The van der Waals surface area contributed by atoms with Crippen LogP contribution in [0.3, 0.4) is 0 Å². The first-order valence-corrected chi connectivity index (χ1v) is 4.37. The van der Waals surface area contributed by atoms with Crippen LogP contribution in [-0.2, 0) is 0 Å². The van der Waals surface area contributed by atoms with Crippen LogP contribution in [0.2, 0.25) is 0 Å². The van der Waals surface area contributed by atoms with E-state index in [0.717, 1.165) is 18.6 Å². The van der Waals surface area contributed by atoms with Crippen molar-refractivity contribution in [1.29, 1.82) is 0 Å². The summed E-state index contributed by atoms with van der Waals surface area (Å²) in [6, 6.07) is 0. The SMILES string of the molecule is CCC(O)CCSC. The lowest BCUT2D eigenvalue weighted by Gasteiger charge is -2.03. The average Bonchev–Trinajstić information content (AvgIpc) is 1.83. The molecule has 0 aliphatic rings. The molecule has 2 heteroatoms. The van der Waals surface area contributed by atoms with Gasteiger partial charge >= 0.3 is 0 Å². The fraction of sp³-hybridized carbons (Fsp3) is 1.00. The first kappa shape index (κ1) is 8.31. The zero-order chi connectivity index (χ0) is 6.41. The third-order valence-corrected chi connectivity index (χ3v) is 1.77. The lowest BCUT2D eigenvalue weighted by molar-refractivity contribution is 0.167. The fourth-order valence-electron chi connectivity index (χ4n) is 0.458. The van der Waals surface area contributed by atoms with Crippen LogP contribution in [-0.4, -0.2) is 23.2 Å². The topological polar surface area (TPSA) is 20.2 Å². The Morgan fingerprint density at radius 2 is 2.25 bits per heavy atom. The number of aliphatic hydroxyl groups excluding tert-OH is 1. The van der Waals surface area contributed by atoms with Gasteiger partial charge in [-0.2, -0.15) is 11.8 Å². The van der Waals surface area contributed by atoms with Crippen LogP contribution in [0.1, 0.15) is 19.8 Å². The summed E-state index contributed by atoms with van der Waals surface area (Å²) in [5.41, 5.74) is 0. The number of rotatable bonds is 4. The van der Waals surface area contributed by atoms with E-state index in [2.05, 4.69) is 6.26 Å². The van der Waals surface area contributed by atoms with Gasteiger partial charge in [0.1, 0.15) is 0 Å². The Labute approximate surface area is 55.5 Å². The highest BCUT2D eigenvalue weighted by Gasteiger charge is 1.96. The van der Waals surface area contributed by atoms with Crippen molar-refractivity contribution in [2.75, 3.05) is 12.0 Å². The predicted octanol–water partition coefficient (Wildman–Crippen LogP) is 1.51. The number of hydrogen-bond donors (Lipinski definition) is 1. The number of aliphatic hydroxyl groups is 1. The minimum atomic E-state index is -0.0672. The van der Waals surface area contributed by atoms with Crippen LogP contribution in [0.4, 0.5) is 0 Å². The summed E-state index contributed by atoms with van der Waals surface area (Å²) in [6.45, 7) is 2.00. The first-order chi connectivity index (χ1) is 3.81. The molecule has 0 aliphatic carbocycles. The Morgan fingerprint density at radius 1 is 1.62 bits per heavy atom. The lowest BCUT2D eigenvalue weighted by atomic mass is 10.2. The van der Waals surface area contributed by atoms with Gasteiger partial charge in [0.05, 0.1) is 6.10 Å². The second-order valence-electron chi connectivity index (χ2n) is 1.84. The monoisotopic (exact) mass is 134 g/mol. The van der Waals surface area contributed by atoms with Crippen LogP contribution in [0.5, 0.6) is 0 Å². The van der Waals surface area contributed by atoms with Gasteiger partial charge in [-0.05, 0) is 24.9 Å². The average molecular weight is 134 g/mol. The Balaban J connectivity index is 2.86. The smallest absolute Gasteiger partial charge is 0.0545 e. The van der Waals surface area contributed by atoms with Crippen LogP contribution in [0, 0.1) is 0 Å². The molecule has 0 fully saturated rings. The van der Waals surface area contributed by atoms with Gasteiger partial charge in [-0.1, -0.05) is 6.92 Å². The molecule has 0 saturated heterocycles. The summed E-state index contributed by atoms with van der Waals surface area (Å²) in [6.07, 6.45) is 3.82. The molecule has 1 atom stereocenters. The van der Waals surface area contributed by atoms with Gasteiger partial charge in [-0.25, -0.2) is 0 Å².